The van der Waals surface area contributed by atoms with Crippen LogP contribution in [0.25, 0.3) is 0 Å². The third-order valence-corrected chi connectivity index (χ3v) is 2.59. The van der Waals surface area contributed by atoms with Crippen LogP contribution in [0.1, 0.15) is 6.42 Å². The number of morpholine rings is 1. The Kier molecular flexibility index (Phi) is 5.21. The first-order valence-corrected chi connectivity index (χ1v) is 5.44. The van der Waals surface area contributed by atoms with Gasteiger partial charge in [0.2, 0.25) is 11.8 Å². The van der Waals surface area contributed by atoms with Crippen molar-refractivity contribution in [3.63, 3.8) is 0 Å². The van der Waals surface area contributed by atoms with Gasteiger partial charge in [0, 0.05) is 26.6 Å². The van der Waals surface area contributed by atoms with E-state index in [0.29, 0.717) is 26.1 Å². The highest BCUT2D eigenvalue weighted by molar-refractivity contribution is 5.87. The predicted octanol–water partition coefficient (Wildman–Crippen LogP) is -1.43. The van der Waals surface area contributed by atoms with Crippen molar-refractivity contribution in [1.29, 1.82) is 0 Å². The lowest BCUT2D eigenvalue weighted by Gasteiger charge is -2.34. The van der Waals surface area contributed by atoms with Crippen molar-refractivity contribution < 1.29 is 14.3 Å². The molecule has 92 valence electrons. The van der Waals surface area contributed by atoms with Crippen molar-refractivity contribution >= 4 is 11.8 Å². The molecule has 1 aliphatic rings. The van der Waals surface area contributed by atoms with Crippen LogP contribution in [0.5, 0.6) is 0 Å². The Hall–Kier alpha value is -1.14. The number of ether oxygens (including phenoxy) is 1. The van der Waals surface area contributed by atoms with Crippen LogP contribution >= 0.6 is 0 Å². The Morgan fingerprint density at radius 3 is 2.81 bits per heavy atom. The number of hydrogen-bond acceptors (Lipinski definition) is 4. The van der Waals surface area contributed by atoms with Crippen molar-refractivity contribution in [1.82, 2.24) is 15.5 Å². The molecule has 0 aromatic carbocycles. The van der Waals surface area contributed by atoms with Crippen LogP contribution in [-0.2, 0) is 14.3 Å². The van der Waals surface area contributed by atoms with E-state index in [2.05, 4.69) is 10.6 Å². The first-order valence-electron chi connectivity index (χ1n) is 5.44. The molecule has 1 atom stereocenters. The summed E-state index contributed by atoms with van der Waals surface area (Å²) in [4.78, 5) is 25.0. The van der Waals surface area contributed by atoms with E-state index in [1.54, 1.807) is 19.0 Å². The first kappa shape index (κ1) is 12.9. The molecule has 6 heteroatoms. The van der Waals surface area contributed by atoms with E-state index in [4.69, 9.17) is 4.74 Å². The van der Waals surface area contributed by atoms with Gasteiger partial charge in [-0.05, 0) is 7.05 Å². The molecule has 1 saturated heterocycles. The number of nitrogens with zero attached hydrogens (tertiary/aromatic N) is 1. The topological polar surface area (TPSA) is 70.7 Å². The van der Waals surface area contributed by atoms with Gasteiger partial charge < -0.3 is 20.3 Å². The Morgan fingerprint density at radius 2 is 2.19 bits per heavy atom. The molecule has 1 heterocycles. The Morgan fingerprint density at radius 1 is 1.44 bits per heavy atom. The molecule has 0 aliphatic carbocycles. The summed E-state index contributed by atoms with van der Waals surface area (Å²) in [5, 5.41) is 5.46. The number of nitrogens with one attached hydrogen (secondary N) is 2. The van der Waals surface area contributed by atoms with Crippen LogP contribution in [0.15, 0.2) is 0 Å². The zero-order valence-corrected chi connectivity index (χ0v) is 9.78. The number of hydrogen-bond donors (Lipinski definition) is 2. The fourth-order valence-corrected chi connectivity index (χ4v) is 1.66. The zero-order valence-electron chi connectivity index (χ0n) is 9.78. The van der Waals surface area contributed by atoms with Gasteiger partial charge in [0.25, 0.3) is 0 Å². The van der Waals surface area contributed by atoms with Crippen LogP contribution in [0.2, 0.25) is 0 Å². The maximum atomic E-state index is 11.8. The number of carbonyl (C=O) groups is 2. The summed E-state index contributed by atoms with van der Waals surface area (Å²) < 4.78 is 5.22. The fourth-order valence-electron chi connectivity index (χ4n) is 1.66. The van der Waals surface area contributed by atoms with E-state index >= 15 is 0 Å². The summed E-state index contributed by atoms with van der Waals surface area (Å²) in [6.45, 7) is 1.89. The fraction of sp³-hybridized carbons (Fsp3) is 0.800. The minimum absolute atomic E-state index is 0.00810. The maximum absolute atomic E-state index is 11.8. The number of likely N-dealkylation sites (N-methyl/N-ethyl adjacent to an activating group) is 1. The van der Waals surface area contributed by atoms with Gasteiger partial charge in [-0.2, -0.15) is 0 Å². The molecule has 1 fully saturated rings. The lowest BCUT2D eigenvalue weighted by molar-refractivity contribution is -0.148. The van der Waals surface area contributed by atoms with Gasteiger partial charge in [0.15, 0.2) is 0 Å². The third-order valence-electron chi connectivity index (χ3n) is 2.59. The van der Waals surface area contributed by atoms with Crippen molar-refractivity contribution in [3.05, 3.63) is 0 Å². The standard InChI is InChI=1S/C10H19N3O3/c1-11-4-3-9(14)13-5-6-16-7-8(13)10(15)12-2/h8,11H,3-7H2,1-2H3,(H,12,15). The predicted molar refractivity (Wildman–Crippen MR) is 58.9 cm³/mol. The molecule has 1 rings (SSSR count). The van der Waals surface area contributed by atoms with Crippen molar-refractivity contribution in [2.24, 2.45) is 0 Å². The van der Waals surface area contributed by atoms with Crippen LogP contribution in [0.3, 0.4) is 0 Å². The summed E-state index contributed by atoms with van der Waals surface area (Å²) in [5.74, 6) is -0.177. The quantitative estimate of drug-likeness (QED) is 0.620. The first-order chi connectivity index (χ1) is 7.70. The molecule has 6 nitrogen and oxygen atoms in total. The lowest BCUT2D eigenvalue weighted by Crippen LogP contribution is -2.55. The molecule has 0 radical (unpaired) electrons. The van der Waals surface area contributed by atoms with Gasteiger partial charge in [-0.1, -0.05) is 0 Å². The summed E-state index contributed by atoms with van der Waals surface area (Å²) >= 11 is 0. The molecule has 0 aromatic heterocycles. The molecular formula is C10H19N3O3. The minimum Gasteiger partial charge on any atom is -0.377 e. The van der Waals surface area contributed by atoms with Gasteiger partial charge in [0.05, 0.1) is 13.2 Å². The third kappa shape index (κ3) is 3.18. The van der Waals surface area contributed by atoms with Crippen LogP contribution < -0.4 is 10.6 Å². The second kappa shape index (κ2) is 6.44. The van der Waals surface area contributed by atoms with Crippen molar-refractivity contribution in [3.8, 4) is 0 Å². The molecule has 1 unspecified atom stereocenters. The minimum atomic E-state index is -0.483. The highest BCUT2D eigenvalue weighted by atomic mass is 16.5. The van der Waals surface area contributed by atoms with Gasteiger partial charge in [-0.25, -0.2) is 0 Å². The smallest absolute Gasteiger partial charge is 0.244 e. The van der Waals surface area contributed by atoms with Gasteiger partial charge in [0.1, 0.15) is 6.04 Å². The van der Waals surface area contributed by atoms with E-state index in [0.717, 1.165) is 0 Å². The Labute approximate surface area is 95.3 Å². The second-order valence-corrected chi connectivity index (χ2v) is 3.65. The SMILES string of the molecule is CNCCC(=O)N1CCOCC1C(=O)NC. The summed E-state index contributed by atoms with van der Waals surface area (Å²) in [5.41, 5.74) is 0. The summed E-state index contributed by atoms with van der Waals surface area (Å²) in [6.07, 6.45) is 0.407. The lowest BCUT2D eigenvalue weighted by atomic mass is 10.2. The average Bonchev–Trinajstić information content (AvgIpc) is 2.35. The van der Waals surface area contributed by atoms with E-state index in [1.807, 2.05) is 0 Å². The van der Waals surface area contributed by atoms with Crippen LogP contribution in [0, 0.1) is 0 Å². The zero-order chi connectivity index (χ0) is 12.0. The monoisotopic (exact) mass is 229 g/mol. The Balaban J connectivity index is 2.59. The number of rotatable bonds is 4. The summed E-state index contributed by atoms with van der Waals surface area (Å²) in [7, 11) is 3.36. The largest absolute Gasteiger partial charge is 0.377 e. The second-order valence-electron chi connectivity index (χ2n) is 3.65. The van der Waals surface area contributed by atoms with E-state index in [9.17, 15) is 9.59 Å². The molecule has 16 heavy (non-hydrogen) atoms. The van der Waals surface area contributed by atoms with Gasteiger partial charge in [-0.3, -0.25) is 9.59 Å². The van der Waals surface area contributed by atoms with Crippen LogP contribution in [0.4, 0.5) is 0 Å². The normalized spacial score (nSPS) is 20.6. The molecular weight excluding hydrogens is 210 g/mol. The summed E-state index contributed by atoms with van der Waals surface area (Å²) in [6, 6.07) is -0.483. The van der Waals surface area contributed by atoms with Crippen LogP contribution in [-0.4, -0.2) is 63.2 Å². The maximum Gasteiger partial charge on any atom is 0.244 e. The molecule has 0 saturated carbocycles. The molecule has 0 spiro atoms. The van der Waals surface area contributed by atoms with Crippen molar-refractivity contribution in [2.75, 3.05) is 40.4 Å². The molecule has 0 aromatic rings. The Bertz CT molecular complexity index is 258. The van der Waals surface area contributed by atoms with E-state index < -0.39 is 6.04 Å². The van der Waals surface area contributed by atoms with E-state index in [-0.39, 0.29) is 18.4 Å². The van der Waals surface area contributed by atoms with Crippen molar-refractivity contribution in [2.45, 2.75) is 12.5 Å². The van der Waals surface area contributed by atoms with Gasteiger partial charge >= 0.3 is 0 Å². The molecule has 2 N–H and O–H groups in total. The molecule has 0 bridgehead atoms. The number of amides is 2. The molecule has 2 amide bonds. The van der Waals surface area contributed by atoms with Gasteiger partial charge in [-0.15, -0.1) is 0 Å². The molecule has 1 aliphatic heterocycles. The highest BCUT2D eigenvalue weighted by Gasteiger charge is 2.31. The van der Waals surface area contributed by atoms with E-state index in [1.165, 1.54) is 0 Å². The number of carbonyl (C=O) groups excluding carboxylic acids is 2. The highest BCUT2D eigenvalue weighted by Crippen LogP contribution is 2.08. The average molecular weight is 229 g/mol.